The average molecular weight is 228 g/mol. The van der Waals surface area contributed by atoms with E-state index in [1.807, 2.05) is 6.92 Å². The summed E-state index contributed by atoms with van der Waals surface area (Å²) in [6.45, 7) is 3.67. The van der Waals surface area contributed by atoms with Gasteiger partial charge >= 0.3 is 12.1 Å². The largest absolute Gasteiger partial charge is 0.516 e. The molecule has 1 fully saturated rings. The Morgan fingerprint density at radius 1 is 1.25 bits per heavy atom. The average Bonchev–Trinajstić information content (AvgIpc) is 2.29. The highest BCUT2D eigenvalue weighted by Gasteiger charge is 2.25. The first kappa shape index (κ1) is 13.0. The fraction of sp³-hybridized carbons (Fsp3) is 0.833. The molecule has 1 atom stereocenters. The summed E-state index contributed by atoms with van der Waals surface area (Å²) in [5.74, 6) is -0.536. The number of esters is 1. The van der Waals surface area contributed by atoms with Gasteiger partial charge in [-0.2, -0.15) is 0 Å². The van der Waals surface area contributed by atoms with E-state index in [-0.39, 0.29) is 12.0 Å². The first-order chi connectivity index (χ1) is 7.63. The third kappa shape index (κ3) is 4.21. The highest BCUT2D eigenvalue weighted by Crippen LogP contribution is 2.24. The zero-order chi connectivity index (χ0) is 12.0. The van der Waals surface area contributed by atoms with Gasteiger partial charge in [-0.25, -0.2) is 4.79 Å². The van der Waals surface area contributed by atoms with E-state index in [0.717, 1.165) is 25.7 Å². The van der Waals surface area contributed by atoms with Gasteiger partial charge in [0.05, 0.1) is 5.92 Å². The van der Waals surface area contributed by atoms with E-state index in [9.17, 15) is 9.59 Å². The van der Waals surface area contributed by atoms with Gasteiger partial charge in [-0.3, -0.25) is 4.79 Å². The Kier molecular flexibility index (Phi) is 5.29. The van der Waals surface area contributed by atoms with Crippen LogP contribution in [0.1, 0.15) is 52.4 Å². The lowest BCUT2D eigenvalue weighted by atomic mass is 9.89. The predicted octanol–water partition coefficient (Wildman–Crippen LogP) is 3.05. The van der Waals surface area contributed by atoms with Crippen LogP contribution in [-0.2, 0) is 14.3 Å². The Morgan fingerprint density at radius 3 is 2.44 bits per heavy atom. The van der Waals surface area contributed by atoms with Gasteiger partial charge in [-0.15, -0.1) is 0 Å². The molecule has 0 bridgehead atoms. The number of hydrogen-bond acceptors (Lipinski definition) is 4. The zero-order valence-corrected chi connectivity index (χ0v) is 10.0. The molecule has 0 aliphatic heterocycles. The molecular weight excluding hydrogens is 208 g/mol. The molecule has 0 heterocycles. The van der Waals surface area contributed by atoms with Crippen molar-refractivity contribution in [2.45, 2.75) is 58.5 Å². The lowest BCUT2D eigenvalue weighted by Crippen LogP contribution is -2.25. The smallest absolute Gasteiger partial charge is 0.431 e. The molecule has 92 valence electrons. The quantitative estimate of drug-likeness (QED) is 0.550. The molecule has 0 aromatic heterocycles. The third-order valence-corrected chi connectivity index (χ3v) is 2.99. The van der Waals surface area contributed by atoms with Crippen LogP contribution in [0, 0.1) is 5.92 Å². The molecule has 16 heavy (non-hydrogen) atoms. The van der Waals surface area contributed by atoms with E-state index in [2.05, 4.69) is 4.74 Å². The van der Waals surface area contributed by atoms with Crippen molar-refractivity contribution in [1.82, 2.24) is 0 Å². The van der Waals surface area contributed by atoms with Gasteiger partial charge in [0.25, 0.3) is 0 Å². The van der Waals surface area contributed by atoms with Crippen LogP contribution < -0.4 is 0 Å². The number of carbonyl (C=O) groups excluding carboxylic acids is 2. The summed E-state index contributed by atoms with van der Waals surface area (Å²) in [6.07, 6.45) is 4.57. The molecule has 1 unspecified atom stereocenters. The molecule has 4 nitrogen and oxygen atoms in total. The van der Waals surface area contributed by atoms with E-state index in [1.54, 1.807) is 6.92 Å². The standard InChI is InChI=1S/C12H20O4/c1-3-9(2)15-12(14)16-11(13)10-7-5-4-6-8-10/h9-10H,3-8H2,1-2H3. The van der Waals surface area contributed by atoms with Crippen LogP contribution in [0.15, 0.2) is 0 Å². The van der Waals surface area contributed by atoms with Gasteiger partial charge < -0.3 is 9.47 Å². The maximum atomic E-state index is 11.6. The fourth-order valence-electron chi connectivity index (χ4n) is 1.78. The van der Waals surface area contributed by atoms with Crippen LogP contribution >= 0.6 is 0 Å². The number of ether oxygens (including phenoxy) is 2. The van der Waals surface area contributed by atoms with Gasteiger partial charge in [0, 0.05) is 0 Å². The fourth-order valence-corrected chi connectivity index (χ4v) is 1.78. The van der Waals surface area contributed by atoms with Crippen molar-refractivity contribution < 1.29 is 19.1 Å². The molecule has 0 saturated heterocycles. The molecule has 0 amide bonds. The molecule has 1 saturated carbocycles. The van der Waals surface area contributed by atoms with Crippen molar-refractivity contribution in [2.24, 2.45) is 5.92 Å². The zero-order valence-electron chi connectivity index (χ0n) is 10.0. The topological polar surface area (TPSA) is 52.6 Å². The number of carbonyl (C=O) groups is 2. The van der Waals surface area contributed by atoms with Crippen LogP contribution in [-0.4, -0.2) is 18.2 Å². The second-order valence-corrected chi connectivity index (χ2v) is 4.34. The minimum absolute atomic E-state index is 0.113. The normalized spacial score (nSPS) is 18.9. The Morgan fingerprint density at radius 2 is 1.88 bits per heavy atom. The SMILES string of the molecule is CCC(C)OC(=O)OC(=O)C1CCCCC1. The van der Waals surface area contributed by atoms with Crippen LogP contribution in [0.2, 0.25) is 0 Å². The van der Waals surface area contributed by atoms with E-state index in [0.29, 0.717) is 6.42 Å². The van der Waals surface area contributed by atoms with Crippen molar-refractivity contribution in [3.63, 3.8) is 0 Å². The van der Waals surface area contributed by atoms with Crippen LogP contribution in [0.3, 0.4) is 0 Å². The maximum absolute atomic E-state index is 11.6. The van der Waals surface area contributed by atoms with Crippen LogP contribution in [0.25, 0.3) is 0 Å². The summed E-state index contributed by atoms with van der Waals surface area (Å²) < 4.78 is 9.54. The summed E-state index contributed by atoms with van der Waals surface area (Å²) >= 11 is 0. The second kappa shape index (κ2) is 6.51. The highest BCUT2D eigenvalue weighted by molar-refractivity contribution is 5.83. The summed E-state index contributed by atoms with van der Waals surface area (Å²) in [4.78, 5) is 22.8. The monoisotopic (exact) mass is 228 g/mol. The molecule has 1 rings (SSSR count). The molecule has 0 radical (unpaired) electrons. The summed E-state index contributed by atoms with van der Waals surface area (Å²) in [5.41, 5.74) is 0. The molecule has 0 aromatic carbocycles. The van der Waals surface area contributed by atoms with Crippen LogP contribution in [0.5, 0.6) is 0 Å². The first-order valence-electron chi connectivity index (χ1n) is 6.05. The Labute approximate surface area is 96.3 Å². The molecule has 1 aliphatic rings. The van der Waals surface area contributed by atoms with E-state index < -0.39 is 12.1 Å². The van der Waals surface area contributed by atoms with Gasteiger partial charge in [-0.1, -0.05) is 26.2 Å². The van der Waals surface area contributed by atoms with Crippen molar-refractivity contribution in [3.05, 3.63) is 0 Å². The second-order valence-electron chi connectivity index (χ2n) is 4.34. The minimum atomic E-state index is -0.857. The van der Waals surface area contributed by atoms with Crippen molar-refractivity contribution in [2.75, 3.05) is 0 Å². The molecular formula is C12H20O4. The molecule has 4 heteroatoms. The van der Waals surface area contributed by atoms with Crippen molar-refractivity contribution in [1.29, 1.82) is 0 Å². The Hall–Kier alpha value is -1.06. The van der Waals surface area contributed by atoms with Crippen molar-refractivity contribution >= 4 is 12.1 Å². The predicted molar refractivity (Wildman–Crippen MR) is 58.9 cm³/mol. The van der Waals surface area contributed by atoms with Crippen molar-refractivity contribution in [3.8, 4) is 0 Å². The molecule has 1 aliphatic carbocycles. The molecule has 0 spiro atoms. The number of rotatable bonds is 3. The van der Waals surface area contributed by atoms with Gasteiger partial charge in [0.15, 0.2) is 0 Å². The molecule has 0 aromatic rings. The van der Waals surface area contributed by atoms with E-state index in [4.69, 9.17) is 4.74 Å². The van der Waals surface area contributed by atoms with Gasteiger partial charge in [0.1, 0.15) is 6.10 Å². The van der Waals surface area contributed by atoms with E-state index >= 15 is 0 Å². The molecule has 0 N–H and O–H groups in total. The van der Waals surface area contributed by atoms with Gasteiger partial charge in [-0.05, 0) is 26.2 Å². The summed E-state index contributed by atoms with van der Waals surface area (Å²) in [7, 11) is 0. The van der Waals surface area contributed by atoms with Crippen LogP contribution in [0.4, 0.5) is 4.79 Å². The third-order valence-electron chi connectivity index (χ3n) is 2.99. The minimum Gasteiger partial charge on any atom is -0.431 e. The number of hydrogen-bond donors (Lipinski definition) is 0. The Bertz CT molecular complexity index is 243. The lowest BCUT2D eigenvalue weighted by Gasteiger charge is -2.19. The Balaban J connectivity index is 2.29. The first-order valence-corrected chi connectivity index (χ1v) is 6.05. The summed E-state index contributed by atoms with van der Waals surface area (Å²) in [5, 5.41) is 0. The maximum Gasteiger partial charge on any atom is 0.516 e. The lowest BCUT2D eigenvalue weighted by molar-refractivity contribution is -0.146. The van der Waals surface area contributed by atoms with Gasteiger partial charge in [0.2, 0.25) is 0 Å². The summed E-state index contributed by atoms with van der Waals surface area (Å²) in [6, 6.07) is 0. The van der Waals surface area contributed by atoms with E-state index in [1.165, 1.54) is 6.42 Å². The highest BCUT2D eigenvalue weighted by atomic mass is 16.7.